The van der Waals surface area contributed by atoms with Gasteiger partial charge in [0, 0.05) is 37.9 Å². The van der Waals surface area contributed by atoms with E-state index in [4.69, 9.17) is 0 Å². The molecule has 1 aromatic rings. The molecule has 1 saturated heterocycles. The number of amides is 1. The minimum Gasteiger partial charge on any atom is -0.354 e. The molecule has 2 rings (SSSR count). The van der Waals surface area contributed by atoms with E-state index < -0.39 is 0 Å². The smallest absolute Gasteiger partial charge is 0.234 e. The van der Waals surface area contributed by atoms with Crippen molar-refractivity contribution in [3.8, 4) is 0 Å². The largest absolute Gasteiger partial charge is 0.354 e. The third kappa shape index (κ3) is 3.02. The average Bonchev–Trinajstić information content (AvgIpc) is 2.28. The standard InChI is InChI=1S/C11H15N3O/c15-11-9-14(8-6-13-11)7-4-10-3-1-2-5-12-10/h1-3,5H,4,6-9H2,(H,13,15). The van der Waals surface area contributed by atoms with Gasteiger partial charge in [0.05, 0.1) is 6.54 Å². The van der Waals surface area contributed by atoms with E-state index in [1.165, 1.54) is 0 Å². The first kappa shape index (κ1) is 10.1. The topological polar surface area (TPSA) is 45.2 Å². The van der Waals surface area contributed by atoms with E-state index in [0.717, 1.165) is 31.7 Å². The quantitative estimate of drug-likeness (QED) is 0.758. The molecule has 80 valence electrons. The summed E-state index contributed by atoms with van der Waals surface area (Å²) in [6.45, 7) is 3.14. The number of nitrogens with one attached hydrogen (secondary N) is 1. The molecular formula is C11H15N3O. The maximum Gasteiger partial charge on any atom is 0.234 e. The van der Waals surface area contributed by atoms with E-state index in [-0.39, 0.29) is 5.91 Å². The van der Waals surface area contributed by atoms with Crippen molar-refractivity contribution in [3.63, 3.8) is 0 Å². The van der Waals surface area contributed by atoms with Crippen molar-refractivity contribution in [2.45, 2.75) is 6.42 Å². The van der Waals surface area contributed by atoms with Crippen molar-refractivity contribution >= 4 is 5.91 Å². The van der Waals surface area contributed by atoms with Gasteiger partial charge in [-0.15, -0.1) is 0 Å². The molecule has 0 radical (unpaired) electrons. The van der Waals surface area contributed by atoms with Crippen LogP contribution in [0.3, 0.4) is 0 Å². The Kier molecular flexibility index (Phi) is 3.29. The highest BCUT2D eigenvalue weighted by Crippen LogP contribution is 1.99. The van der Waals surface area contributed by atoms with Crippen molar-refractivity contribution in [1.29, 1.82) is 0 Å². The minimum atomic E-state index is 0.127. The summed E-state index contributed by atoms with van der Waals surface area (Å²) >= 11 is 0. The van der Waals surface area contributed by atoms with E-state index in [9.17, 15) is 4.79 Å². The number of hydrogen-bond donors (Lipinski definition) is 1. The molecule has 1 N–H and O–H groups in total. The van der Waals surface area contributed by atoms with Crippen LogP contribution in [-0.4, -0.2) is 42.0 Å². The fraction of sp³-hybridized carbons (Fsp3) is 0.455. The Morgan fingerprint density at radius 3 is 3.13 bits per heavy atom. The van der Waals surface area contributed by atoms with E-state index in [1.54, 1.807) is 6.20 Å². The van der Waals surface area contributed by atoms with Crippen LogP contribution in [0.4, 0.5) is 0 Å². The molecule has 0 spiro atoms. The van der Waals surface area contributed by atoms with Gasteiger partial charge in [0.25, 0.3) is 0 Å². The number of nitrogens with zero attached hydrogens (tertiary/aromatic N) is 2. The summed E-state index contributed by atoms with van der Waals surface area (Å²) in [5, 5.41) is 2.81. The maximum atomic E-state index is 11.1. The number of hydrogen-bond acceptors (Lipinski definition) is 3. The lowest BCUT2D eigenvalue weighted by atomic mass is 10.2. The van der Waals surface area contributed by atoms with Crippen LogP contribution in [0.15, 0.2) is 24.4 Å². The van der Waals surface area contributed by atoms with Crippen LogP contribution in [0.5, 0.6) is 0 Å². The van der Waals surface area contributed by atoms with Gasteiger partial charge in [0.2, 0.25) is 5.91 Å². The van der Waals surface area contributed by atoms with Gasteiger partial charge in [0.1, 0.15) is 0 Å². The zero-order chi connectivity index (χ0) is 10.5. The summed E-state index contributed by atoms with van der Waals surface area (Å²) < 4.78 is 0. The van der Waals surface area contributed by atoms with Gasteiger partial charge in [0.15, 0.2) is 0 Å². The normalized spacial score (nSPS) is 17.5. The van der Waals surface area contributed by atoms with Crippen LogP contribution in [0, 0.1) is 0 Å². The molecule has 0 atom stereocenters. The van der Waals surface area contributed by atoms with Crippen molar-refractivity contribution in [2.24, 2.45) is 0 Å². The summed E-state index contributed by atoms with van der Waals surface area (Å²) in [5.41, 5.74) is 1.09. The maximum absolute atomic E-state index is 11.1. The summed E-state index contributed by atoms with van der Waals surface area (Å²) in [5.74, 6) is 0.127. The molecule has 1 aliphatic rings. The molecule has 1 fully saturated rings. The highest BCUT2D eigenvalue weighted by Gasteiger charge is 2.15. The number of carbonyl (C=O) groups excluding carboxylic acids is 1. The molecule has 2 heterocycles. The van der Waals surface area contributed by atoms with Crippen LogP contribution >= 0.6 is 0 Å². The zero-order valence-corrected chi connectivity index (χ0v) is 8.65. The first-order valence-electron chi connectivity index (χ1n) is 5.23. The van der Waals surface area contributed by atoms with Crippen LogP contribution in [0.1, 0.15) is 5.69 Å². The lowest BCUT2D eigenvalue weighted by molar-refractivity contribution is -0.124. The van der Waals surface area contributed by atoms with Crippen molar-refractivity contribution < 1.29 is 4.79 Å². The lowest BCUT2D eigenvalue weighted by Gasteiger charge is -2.26. The summed E-state index contributed by atoms with van der Waals surface area (Å²) in [4.78, 5) is 17.5. The van der Waals surface area contributed by atoms with Gasteiger partial charge >= 0.3 is 0 Å². The number of rotatable bonds is 3. The van der Waals surface area contributed by atoms with E-state index >= 15 is 0 Å². The third-order valence-electron chi connectivity index (χ3n) is 2.53. The Hall–Kier alpha value is -1.42. The third-order valence-corrected chi connectivity index (χ3v) is 2.53. The SMILES string of the molecule is O=C1CN(CCc2ccccn2)CCN1. The molecule has 1 amide bonds. The zero-order valence-electron chi connectivity index (χ0n) is 8.65. The first-order valence-corrected chi connectivity index (χ1v) is 5.23. The highest BCUT2D eigenvalue weighted by atomic mass is 16.2. The molecule has 1 aliphatic heterocycles. The number of piperazine rings is 1. The highest BCUT2D eigenvalue weighted by molar-refractivity contribution is 5.78. The van der Waals surface area contributed by atoms with E-state index in [1.807, 2.05) is 18.2 Å². The molecule has 0 bridgehead atoms. The molecule has 0 aliphatic carbocycles. The molecule has 1 aromatic heterocycles. The number of pyridine rings is 1. The fourth-order valence-corrected chi connectivity index (χ4v) is 1.70. The molecule has 0 saturated carbocycles. The Labute approximate surface area is 89.3 Å². The number of carbonyl (C=O) groups is 1. The first-order chi connectivity index (χ1) is 7.34. The van der Waals surface area contributed by atoms with Gasteiger partial charge in [-0.2, -0.15) is 0 Å². The molecule has 0 aromatic carbocycles. The fourth-order valence-electron chi connectivity index (χ4n) is 1.70. The Bertz CT molecular complexity index is 326. The molecule has 4 nitrogen and oxygen atoms in total. The van der Waals surface area contributed by atoms with Crippen LogP contribution < -0.4 is 5.32 Å². The average molecular weight is 205 g/mol. The second-order valence-corrected chi connectivity index (χ2v) is 3.70. The summed E-state index contributed by atoms with van der Waals surface area (Å²) in [6.07, 6.45) is 2.71. The van der Waals surface area contributed by atoms with Crippen molar-refractivity contribution in [1.82, 2.24) is 15.2 Å². The van der Waals surface area contributed by atoms with Crippen LogP contribution in [0.25, 0.3) is 0 Å². The van der Waals surface area contributed by atoms with Gasteiger partial charge in [-0.1, -0.05) is 6.07 Å². The van der Waals surface area contributed by atoms with Crippen molar-refractivity contribution in [2.75, 3.05) is 26.2 Å². The van der Waals surface area contributed by atoms with Crippen molar-refractivity contribution in [3.05, 3.63) is 30.1 Å². The van der Waals surface area contributed by atoms with Gasteiger partial charge in [-0.25, -0.2) is 0 Å². The molecule has 4 heteroatoms. The van der Waals surface area contributed by atoms with Crippen LogP contribution in [-0.2, 0) is 11.2 Å². The summed E-state index contributed by atoms with van der Waals surface area (Å²) in [7, 11) is 0. The molecular weight excluding hydrogens is 190 g/mol. The summed E-state index contributed by atoms with van der Waals surface area (Å²) in [6, 6.07) is 5.92. The second-order valence-electron chi connectivity index (χ2n) is 3.70. The number of aromatic nitrogens is 1. The van der Waals surface area contributed by atoms with E-state index in [2.05, 4.69) is 15.2 Å². The van der Waals surface area contributed by atoms with Gasteiger partial charge in [-0.3, -0.25) is 14.7 Å². The van der Waals surface area contributed by atoms with E-state index in [0.29, 0.717) is 6.54 Å². The van der Waals surface area contributed by atoms with Gasteiger partial charge in [-0.05, 0) is 12.1 Å². The Morgan fingerprint density at radius 1 is 1.47 bits per heavy atom. The predicted molar refractivity (Wildman–Crippen MR) is 57.4 cm³/mol. The second kappa shape index (κ2) is 4.89. The van der Waals surface area contributed by atoms with Crippen LogP contribution in [0.2, 0.25) is 0 Å². The Morgan fingerprint density at radius 2 is 2.40 bits per heavy atom. The minimum absolute atomic E-state index is 0.127. The molecule has 0 unspecified atom stereocenters. The Balaban J connectivity index is 1.80. The predicted octanol–water partition coefficient (Wildman–Crippen LogP) is 0.0559. The van der Waals surface area contributed by atoms with Gasteiger partial charge < -0.3 is 5.32 Å². The lowest BCUT2D eigenvalue weighted by Crippen LogP contribution is -2.48. The monoisotopic (exact) mass is 205 g/mol. The molecule has 15 heavy (non-hydrogen) atoms.